The molecule has 1 amide bonds. The number of esters is 1. The second kappa shape index (κ2) is 9.34. The van der Waals surface area contributed by atoms with Crippen LogP contribution in [0.5, 0.6) is 5.75 Å². The van der Waals surface area contributed by atoms with Crippen molar-refractivity contribution in [3.05, 3.63) is 53.5 Å². The number of aromatic nitrogens is 2. The van der Waals surface area contributed by atoms with Gasteiger partial charge in [-0.1, -0.05) is 6.07 Å². The highest BCUT2D eigenvalue weighted by Crippen LogP contribution is 2.28. The van der Waals surface area contributed by atoms with Crippen molar-refractivity contribution in [3.63, 3.8) is 0 Å². The van der Waals surface area contributed by atoms with E-state index in [-0.39, 0.29) is 17.8 Å². The average Bonchev–Trinajstić information content (AvgIpc) is 3.49. The third kappa shape index (κ3) is 4.49. The van der Waals surface area contributed by atoms with Crippen LogP contribution in [0.25, 0.3) is 16.3 Å². The Labute approximate surface area is 185 Å². The number of ether oxygens (including phenoxy) is 2. The van der Waals surface area contributed by atoms with Crippen LogP contribution in [-0.4, -0.2) is 53.4 Å². The molecule has 0 unspecified atom stereocenters. The summed E-state index contributed by atoms with van der Waals surface area (Å²) in [7, 11) is 1.62. The summed E-state index contributed by atoms with van der Waals surface area (Å²) >= 11 is 1.58. The number of nitrogens with zero attached hydrogens (tertiary/aromatic N) is 3. The summed E-state index contributed by atoms with van der Waals surface area (Å²) in [5, 5.41) is 6.72. The summed E-state index contributed by atoms with van der Waals surface area (Å²) in [6.45, 7) is 3.22. The molecule has 0 atom stereocenters. The van der Waals surface area contributed by atoms with E-state index in [1.807, 2.05) is 54.8 Å². The van der Waals surface area contributed by atoms with Crippen molar-refractivity contribution >= 4 is 23.2 Å². The number of amides is 1. The lowest BCUT2D eigenvalue weighted by Crippen LogP contribution is -2.41. The summed E-state index contributed by atoms with van der Waals surface area (Å²) in [5.41, 5.74) is 2.05. The molecule has 1 aromatic carbocycles. The molecule has 1 aliphatic rings. The Morgan fingerprint density at radius 3 is 2.52 bits per heavy atom. The molecule has 31 heavy (non-hydrogen) atoms. The minimum Gasteiger partial charge on any atom is -0.497 e. The minimum atomic E-state index is -0.169. The SMILES string of the molecule is CCOC(=O)C1CCN(C(=O)c2cc(-c3cccs3)nn2-c2ccc(OC)cc2)CC1. The molecular formula is C23H25N3O4S. The first-order valence-electron chi connectivity index (χ1n) is 10.3. The first-order valence-corrected chi connectivity index (χ1v) is 11.2. The fraction of sp³-hybridized carbons (Fsp3) is 0.348. The van der Waals surface area contributed by atoms with E-state index in [0.717, 1.165) is 22.0 Å². The molecular weight excluding hydrogens is 414 g/mol. The molecule has 1 fully saturated rings. The van der Waals surface area contributed by atoms with Gasteiger partial charge in [-0.3, -0.25) is 9.59 Å². The minimum absolute atomic E-state index is 0.0894. The average molecular weight is 440 g/mol. The molecule has 0 aliphatic carbocycles. The van der Waals surface area contributed by atoms with Crippen LogP contribution in [0.4, 0.5) is 0 Å². The zero-order valence-corrected chi connectivity index (χ0v) is 18.4. The quantitative estimate of drug-likeness (QED) is 0.542. The molecule has 0 spiro atoms. The molecule has 3 aromatic rings. The van der Waals surface area contributed by atoms with Gasteiger partial charge in [0.25, 0.3) is 5.91 Å². The zero-order valence-electron chi connectivity index (χ0n) is 17.6. The second-order valence-corrected chi connectivity index (χ2v) is 8.27. The molecule has 7 nitrogen and oxygen atoms in total. The zero-order chi connectivity index (χ0) is 21.8. The van der Waals surface area contributed by atoms with Gasteiger partial charge < -0.3 is 14.4 Å². The van der Waals surface area contributed by atoms with E-state index in [1.54, 1.807) is 28.0 Å². The van der Waals surface area contributed by atoms with Crippen molar-refractivity contribution in [1.29, 1.82) is 0 Å². The van der Waals surface area contributed by atoms with Gasteiger partial charge in [-0.25, -0.2) is 4.68 Å². The van der Waals surface area contributed by atoms with Crippen LogP contribution in [0.2, 0.25) is 0 Å². The Morgan fingerprint density at radius 1 is 1.16 bits per heavy atom. The Hall–Kier alpha value is -3.13. The van der Waals surface area contributed by atoms with Gasteiger partial charge >= 0.3 is 5.97 Å². The smallest absolute Gasteiger partial charge is 0.309 e. The maximum atomic E-state index is 13.4. The molecule has 162 valence electrons. The number of carbonyl (C=O) groups is 2. The number of piperidine rings is 1. The molecule has 0 saturated carbocycles. The van der Waals surface area contributed by atoms with Crippen LogP contribution >= 0.6 is 11.3 Å². The standard InChI is InChI=1S/C23H25N3O4S/c1-3-30-23(28)16-10-12-25(13-11-16)22(27)20-15-19(21-5-4-14-31-21)24-26(20)17-6-8-18(29-2)9-7-17/h4-9,14-16H,3,10-13H2,1-2H3. The lowest BCUT2D eigenvalue weighted by atomic mass is 9.97. The van der Waals surface area contributed by atoms with E-state index < -0.39 is 0 Å². The van der Waals surface area contributed by atoms with Gasteiger partial charge in [-0.15, -0.1) is 11.3 Å². The summed E-state index contributed by atoms with van der Waals surface area (Å²) in [4.78, 5) is 28.3. The van der Waals surface area contributed by atoms with Gasteiger partial charge in [0.2, 0.25) is 0 Å². The maximum absolute atomic E-state index is 13.4. The number of hydrogen-bond donors (Lipinski definition) is 0. The van der Waals surface area contributed by atoms with Crippen LogP contribution in [0.15, 0.2) is 47.8 Å². The summed E-state index contributed by atoms with van der Waals surface area (Å²) in [5.74, 6) is 0.340. The van der Waals surface area contributed by atoms with Crippen molar-refractivity contribution in [1.82, 2.24) is 14.7 Å². The predicted octanol–water partition coefficient (Wildman–Crippen LogP) is 4.02. The van der Waals surface area contributed by atoms with Crippen molar-refractivity contribution in [3.8, 4) is 22.0 Å². The highest BCUT2D eigenvalue weighted by Gasteiger charge is 2.30. The molecule has 3 heterocycles. The number of benzene rings is 1. The molecule has 4 rings (SSSR count). The summed E-state index contributed by atoms with van der Waals surface area (Å²) in [6, 6.07) is 13.3. The molecule has 2 aromatic heterocycles. The Kier molecular flexibility index (Phi) is 6.36. The van der Waals surface area contributed by atoms with Crippen molar-refractivity contribution in [2.75, 3.05) is 26.8 Å². The van der Waals surface area contributed by atoms with Gasteiger partial charge in [0.05, 0.1) is 30.2 Å². The molecule has 0 N–H and O–H groups in total. The molecule has 1 saturated heterocycles. The number of thiophene rings is 1. The molecule has 8 heteroatoms. The Balaban J connectivity index is 1.60. The van der Waals surface area contributed by atoms with Gasteiger partial charge in [0.15, 0.2) is 0 Å². The van der Waals surface area contributed by atoms with E-state index in [9.17, 15) is 9.59 Å². The number of likely N-dealkylation sites (tertiary alicyclic amines) is 1. The van der Waals surface area contributed by atoms with E-state index in [1.165, 1.54) is 0 Å². The first-order chi connectivity index (χ1) is 15.1. The summed E-state index contributed by atoms with van der Waals surface area (Å²) < 4.78 is 12.1. The van der Waals surface area contributed by atoms with Gasteiger partial charge in [-0.2, -0.15) is 5.10 Å². The third-order valence-corrected chi connectivity index (χ3v) is 6.31. The highest BCUT2D eigenvalue weighted by molar-refractivity contribution is 7.13. The van der Waals surface area contributed by atoms with Gasteiger partial charge in [0.1, 0.15) is 17.1 Å². The Morgan fingerprint density at radius 2 is 1.90 bits per heavy atom. The van der Waals surface area contributed by atoms with Crippen molar-refractivity contribution < 1.29 is 19.1 Å². The van der Waals surface area contributed by atoms with E-state index >= 15 is 0 Å². The molecule has 1 aliphatic heterocycles. The fourth-order valence-corrected chi connectivity index (χ4v) is 4.42. The van der Waals surface area contributed by atoms with Crippen LogP contribution in [0, 0.1) is 5.92 Å². The lowest BCUT2D eigenvalue weighted by Gasteiger charge is -2.30. The van der Waals surface area contributed by atoms with Crippen molar-refractivity contribution in [2.45, 2.75) is 19.8 Å². The number of carbonyl (C=O) groups excluding carboxylic acids is 2. The number of rotatable bonds is 6. The van der Waals surface area contributed by atoms with E-state index in [4.69, 9.17) is 14.6 Å². The monoisotopic (exact) mass is 439 g/mol. The molecule has 0 bridgehead atoms. The highest BCUT2D eigenvalue weighted by atomic mass is 32.1. The largest absolute Gasteiger partial charge is 0.497 e. The predicted molar refractivity (Wildman–Crippen MR) is 119 cm³/mol. The van der Waals surface area contributed by atoms with Gasteiger partial charge in [-0.05, 0) is 61.5 Å². The van der Waals surface area contributed by atoms with E-state index in [0.29, 0.717) is 38.2 Å². The normalized spacial score (nSPS) is 14.5. The second-order valence-electron chi connectivity index (χ2n) is 7.32. The molecule has 0 radical (unpaired) electrons. The van der Waals surface area contributed by atoms with E-state index in [2.05, 4.69) is 0 Å². The number of methoxy groups -OCH3 is 1. The Bertz CT molecular complexity index is 1040. The third-order valence-electron chi connectivity index (χ3n) is 5.42. The van der Waals surface area contributed by atoms with Crippen LogP contribution < -0.4 is 4.74 Å². The number of hydrogen-bond acceptors (Lipinski definition) is 6. The van der Waals surface area contributed by atoms with Gasteiger partial charge in [0, 0.05) is 13.1 Å². The van der Waals surface area contributed by atoms with Crippen LogP contribution in [-0.2, 0) is 9.53 Å². The fourth-order valence-electron chi connectivity index (χ4n) is 3.74. The van der Waals surface area contributed by atoms with Crippen LogP contribution in [0.3, 0.4) is 0 Å². The topological polar surface area (TPSA) is 73.7 Å². The first kappa shape index (κ1) is 21.1. The van der Waals surface area contributed by atoms with Crippen molar-refractivity contribution in [2.24, 2.45) is 5.92 Å². The maximum Gasteiger partial charge on any atom is 0.309 e. The van der Waals surface area contributed by atoms with Crippen LogP contribution in [0.1, 0.15) is 30.3 Å². The summed E-state index contributed by atoms with van der Waals surface area (Å²) in [6.07, 6.45) is 1.22. The lowest BCUT2D eigenvalue weighted by molar-refractivity contribution is -0.149.